The third kappa shape index (κ3) is 3.10. The maximum Gasteiger partial charge on any atom is 0.195 e. The first kappa shape index (κ1) is 13.3. The fraction of sp³-hybridized carbons (Fsp3) is 0.900. The molecule has 0 aromatic heterocycles. The van der Waals surface area contributed by atoms with Crippen LogP contribution in [0.1, 0.15) is 12.8 Å². The molecule has 0 N–H and O–H groups in total. The molecule has 0 aromatic rings. The highest BCUT2D eigenvalue weighted by Gasteiger charge is 2.31. The highest BCUT2D eigenvalue weighted by atomic mass is 32.2. The molecule has 0 amide bonds. The van der Waals surface area contributed by atoms with Crippen LogP contribution >= 0.6 is 0 Å². The van der Waals surface area contributed by atoms with Crippen LogP contribution in [0.3, 0.4) is 0 Å². The Morgan fingerprint density at radius 3 is 2.19 bits per heavy atom. The lowest BCUT2D eigenvalue weighted by Gasteiger charge is -2.23. The Kier molecular flexibility index (Phi) is 4.18. The SMILES string of the molecule is CN(C)C(=NCC1CCCS1(=O)=O)N(C)C. The van der Waals surface area contributed by atoms with E-state index in [1.54, 1.807) is 0 Å². The van der Waals surface area contributed by atoms with Crippen LogP contribution in [0.5, 0.6) is 0 Å². The quantitative estimate of drug-likeness (QED) is 0.511. The van der Waals surface area contributed by atoms with Crippen LogP contribution in [0.2, 0.25) is 0 Å². The van der Waals surface area contributed by atoms with E-state index in [1.165, 1.54) is 0 Å². The second-order valence-electron chi connectivity index (χ2n) is 4.56. The molecule has 0 saturated carbocycles. The summed E-state index contributed by atoms with van der Waals surface area (Å²) in [6.07, 6.45) is 1.53. The number of nitrogens with zero attached hydrogens (tertiary/aromatic N) is 3. The lowest BCUT2D eigenvalue weighted by atomic mass is 10.2. The van der Waals surface area contributed by atoms with E-state index in [-0.39, 0.29) is 5.25 Å². The summed E-state index contributed by atoms with van der Waals surface area (Å²) in [5, 5.41) is -0.276. The molecular formula is C10H21N3O2S. The fourth-order valence-electron chi connectivity index (χ4n) is 1.93. The van der Waals surface area contributed by atoms with E-state index in [9.17, 15) is 8.42 Å². The summed E-state index contributed by atoms with van der Waals surface area (Å²) in [6.45, 7) is 0.383. The Morgan fingerprint density at radius 1 is 1.25 bits per heavy atom. The topological polar surface area (TPSA) is 53.0 Å². The predicted octanol–water partition coefficient (Wildman–Crippen LogP) is 0.0428. The van der Waals surface area contributed by atoms with E-state index in [0.29, 0.717) is 12.3 Å². The van der Waals surface area contributed by atoms with Crippen molar-refractivity contribution in [1.29, 1.82) is 0 Å². The molecule has 5 nitrogen and oxygen atoms in total. The van der Waals surface area contributed by atoms with Crippen LogP contribution in [0.4, 0.5) is 0 Å². The molecule has 0 radical (unpaired) electrons. The number of hydrogen-bond acceptors (Lipinski definition) is 3. The molecule has 0 bridgehead atoms. The number of guanidine groups is 1. The van der Waals surface area contributed by atoms with Crippen molar-refractivity contribution in [2.24, 2.45) is 4.99 Å². The van der Waals surface area contributed by atoms with Gasteiger partial charge in [-0.05, 0) is 12.8 Å². The Balaban J connectivity index is 2.71. The average molecular weight is 247 g/mol. The van der Waals surface area contributed by atoms with Crippen molar-refractivity contribution in [2.75, 3.05) is 40.5 Å². The first-order chi connectivity index (χ1) is 7.34. The maximum absolute atomic E-state index is 11.6. The summed E-state index contributed by atoms with van der Waals surface area (Å²) in [4.78, 5) is 8.17. The molecule has 94 valence electrons. The fourth-order valence-corrected chi connectivity index (χ4v) is 3.66. The van der Waals surface area contributed by atoms with E-state index in [1.807, 2.05) is 38.0 Å². The molecule has 1 rings (SSSR count). The van der Waals surface area contributed by atoms with Crippen molar-refractivity contribution >= 4 is 15.8 Å². The van der Waals surface area contributed by atoms with Crippen molar-refractivity contribution in [1.82, 2.24) is 9.80 Å². The van der Waals surface area contributed by atoms with Gasteiger partial charge in [-0.15, -0.1) is 0 Å². The van der Waals surface area contributed by atoms with Gasteiger partial charge in [-0.1, -0.05) is 0 Å². The Labute approximate surface area is 98.1 Å². The van der Waals surface area contributed by atoms with Crippen molar-refractivity contribution in [3.8, 4) is 0 Å². The van der Waals surface area contributed by atoms with Crippen LogP contribution in [0.25, 0.3) is 0 Å². The van der Waals surface area contributed by atoms with E-state index in [2.05, 4.69) is 4.99 Å². The second-order valence-corrected chi connectivity index (χ2v) is 6.96. The molecular weight excluding hydrogens is 226 g/mol. The van der Waals surface area contributed by atoms with Gasteiger partial charge in [0.15, 0.2) is 15.8 Å². The van der Waals surface area contributed by atoms with E-state index < -0.39 is 9.84 Å². The lowest BCUT2D eigenvalue weighted by Crippen LogP contribution is -2.36. The summed E-state index contributed by atoms with van der Waals surface area (Å²) >= 11 is 0. The Hall–Kier alpha value is -0.780. The zero-order chi connectivity index (χ0) is 12.3. The molecule has 1 heterocycles. The molecule has 1 aliphatic heterocycles. The minimum Gasteiger partial charge on any atom is -0.349 e. The van der Waals surface area contributed by atoms with Gasteiger partial charge in [0.25, 0.3) is 0 Å². The number of sulfone groups is 1. The molecule has 1 aliphatic rings. The second kappa shape index (κ2) is 5.03. The normalized spacial score (nSPS) is 22.9. The number of hydrogen-bond donors (Lipinski definition) is 0. The van der Waals surface area contributed by atoms with Gasteiger partial charge in [-0.2, -0.15) is 0 Å². The molecule has 16 heavy (non-hydrogen) atoms. The van der Waals surface area contributed by atoms with Crippen LogP contribution in [-0.2, 0) is 9.84 Å². The standard InChI is InChI=1S/C10H21N3O2S/c1-12(2)10(13(3)4)11-8-9-6-5-7-16(9,14)15/h9H,5-8H2,1-4H3. The van der Waals surface area contributed by atoms with E-state index in [4.69, 9.17) is 0 Å². The van der Waals surface area contributed by atoms with Gasteiger partial charge in [0.2, 0.25) is 0 Å². The summed E-state index contributed by atoms with van der Waals surface area (Å²) < 4.78 is 23.2. The summed E-state index contributed by atoms with van der Waals surface area (Å²) in [6, 6.07) is 0. The highest BCUT2D eigenvalue weighted by molar-refractivity contribution is 7.92. The molecule has 6 heteroatoms. The van der Waals surface area contributed by atoms with Crippen LogP contribution in [-0.4, -0.2) is 69.9 Å². The Bertz CT molecular complexity index is 350. The van der Waals surface area contributed by atoms with E-state index >= 15 is 0 Å². The molecule has 0 aromatic carbocycles. The number of rotatable bonds is 2. The van der Waals surface area contributed by atoms with Crippen molar-refractivity contribution in [2.45, 2.75) is 18.1 Å². The van der Waals surface area contributed by atoms with Crippen molar-refractivity contribution in [3.63, 3.8) is 0 Å². The van der Waals surface area contributed by atoms with Gasteiger partial charge in [-0.3, -0.25) is 4.99 Å². The minimum atomic E-state index is -2.88. The predicted molar refractivity (Wildman–Crippen MR) is 66.5 cm³/mol. The zero-order valence-corrected chi connectivity index (χ0v) is 11.3. The molecule has 0 aliphatic carbocycles. The molecule has 1 saturated heterocycles. The Morgan fingerprint density at radius 2 is 1.81 bits per heavy atom. The van der Waals surface area contributed by atoms with Gasteiger partial charge in [-0.25, -0.2) is 8.42 Å². The highest BCUT2D eigenvalue weighted by Crippen LogP contribution is 2.20. The monoisotopic (exact) mass is 247 g/mol. The van der Waals surface area contributed by atoms with Gasteiger partial charge in [0.1, 0.15) is 0 Å². The summed E-state index contributed by atoms with van der Waals surface area (Å²) in [5.41, 5.74) is 0. The lowest BCUT2D eigenvalue weighted by molar-refractivity contribution is 0.478. The van der Waals surface area contributed by atoms with E-state index in [0.717, 1.165) is 18.8 Å². The summed E-state index contributed by atoms with van der Waals surface area (Å²) in [5.74, 6) is 1.13. The first-order valence-corrected chi connectivity index (χ1v) is 7.17. The van der Waals surface area contributed by atoms with Gasteiger partial charge in [0.05, 0.1) is 17.5 Å². The van der Waals surface area contributed by atoms with Crippen LogP contribution in [0, 0.1) is 0 Å². The molecule has 1 atom stereocenters. The zero-order valence-electron chi connectivity index (χ0n) is 10.5. The first-order valence-electron chi connectivity index (χ1n) is 5.45. The largest absolute Gasteiger partial charge is 0.349 e. The van der Waals surface area contributed by atoms with Crippen LogP contribution in [0.15, 0.2) is 4.99 Å². The molecule has 0 spiro atoms. The van der Waals surface area contributed by atoms with Gasteiger partial charge < -0.3 is 9.80 Å². The third-order valence-corrected chi connectivity index (χ3v) is 4.96. The molecule has 1 fully saturated rings. The smallest absolute Gasteiger partial charge is 0.195 e. The van der Waals surface area contributed by atoms with Crippen molar-refractivity contribution < 1.29 is 8.42 Å². The minimum absolute atomic E-state index is 0.276. The maximum atomic E-state index is 11.6. The molecule has 1 unspecified atom stereocenters. The number of aliphatic imine (C=N–C) groups is 1. The third-order valence-electron chi connectivity index (χ3n) is 2.70. The van der Waals surface area contributed by atoms with Gasteiger partial charge in [0, 0.05) is 28.2 Å². The van der Waals surface area contributed by atoms with Crippen LogP contribution < -0.4 is 0 Å². The van der Waals surface area contributed by atoms with Crippen molar-refractivity contribution in [3.05, 3.63) is 0 Å². The summed E-state index contributed by atoms with van der Waals surface area (Å²) in [7, 11) is 4.74. The average Bonchev–Trinajstić information content (AvgIpc) is 2.44. The van der Waals surface area contributed by atoms with Gasteiger partial charge >= 0.3 is 0 Å².